The monoisotopic (exact) mass is 569 g/mol. The quantitative estimate of drug-likeness (QED) is 0.320. The van der Waals surface area contributed by atoms with Crippen molar-refractivity contribution in [1.29, 1.82) is 0 Å². The van der Waals surface area contributed by atoms with E-state index >= 15 is 0 Å². The standard InChI is InChI=1S/C29H39N5O5S/c1-8-29(7,30)22-16-32-26(38-17(3)12-13-40(36,37)9-2)21-15-31-24(14-20(21)22)33-23-11-10-19-25(34-23)18(4)28(5,6)39-27(19)35/h10-11,14-18H,8-9,12-13,30H2,1-7H3,(H,31,33,34)/t17-,18-,29-/m1/s1. The van der Waals surface area contributed by atoms with E-state index in [1.807, 2.05) is 47.6 Å². The number of ether oxygens (including phenoxy) is 2. The number of carbonyl (C=O) groups excluding carboxylic acids is 1. The molecule has 3 aromatic heterocycles. The molecule has 0 aliphatic carbocycles. The first-order chi connectivity index (χ1) is 18.7. The van der Waals surface area contributed by atoms with Crippen LogP contribution in [0, 0.1) is 0 Å². The molecule has 4 heterocycles. The van der Waals surface area contributed by atoms with Gasteiger partial charge in [0.15, 0.2) is 0 Å². The molecule has 0 unspecified atom stereocenters. The van der Waals surface area contributed by atoms with Crippen molar-refractivity contribution in [1.82, 2.24) is 15.0 Å². The third kappa shape index (κ3) is 6.05. The topological polar surface area (TPSA) is 146 Å². The van der Waals surface area contributed by atoms with E-state index in [0.717, 1.165) is 10.9 Å². The number of hydrogen-bond donors (Lipinski definition) is 2. The summed E-state index contributed by atoms with van der Waals surface area (Å²) < 4.78 is 35.6. The van der Waals surface area contributed by atoms with Crippen LogP contribution in [0.25, 0.3) is 10.8 Å². The SMILES string of the molecule is CC[C@@](C)(N)c1cnc(O[C@H](C)CCS(=O)(=O)CC)c2cnc(Nc3ccc4c(n3)[C@@H](C)C(C)(C)OC4=O)cc12. The lowest BCUT2D eigenvalue weighted by molar-refractivity contribution is -0.0189. The number of nitrogens with two attached hydrogens (primary N) is 1. The van der Waals surface area contributed by atoms with Gasteiger partial charge in [-0.15, -0.1) is 0 Å². The molecule has 10 nitrogen and oxygen atoms in total. The van der Waals surface area contributed by atoms with E-state index in [1.165, 1.54) is 0 Å². The van der Waals surface area contributed by atoms with Crippen LogP contribution in [0.15, 0.2) is 30.6 Å². The van der Waals surface area contributed by atoms with Gasteiger partial charge in [-0.2, -0.15) is 0 Å². The summed E-state index contributed by atoms with van der Waals surface area (Å²) in [6.45, 7) is 13.2. The highest BCUT2D eigenvalue weighted by Gasteiger charge is 2.40. The molecule has 0 aromatic carbocycles. The summed E-state index contributed by atoms with van der Waals surface area (Å²) in [6.07, 6.45) is 4.05. The maximum atomic E-state index is 12.5. The van der Waals surface area contributed by atoms with Gasteiger partial charge in [0.25, 0.3) is 0 Å². The highest BCUT2D eigenvalue weighted by Crippen LogP contribution is 2.38. The van der Waals surface area contributed by atoms with Gasteiger partial charge in [-0.1, -0.05) is 20.8 Å². The van der Waals surface area contributed by atoms with Gasteiger partial charge >= 0.3 is 5.97 Å². The highest BCUT2D eigenvalue weighted by molar-refractivity contribution is 7.91. The van der Waals surface area contributed by atoms with Crippen molar-refractivity contribution in [3.63, 3.8) is 0 Å². The number of rotatable bonds is 10. The van der Waals surface area contributed by atoms with Crippen molar-refractivity contribution in [3.8, 4) is 5.88 Å². The maximum absolute atomic E-state index is 12.5. The first-order valence-electron chi connectivity index (χ1n) is 13.6. The van der Waals surface area contributed by atoms with E-state index in [9.17, 15) is 13.2 Å². The number of nitrogens with zero attached hydrogens (tertiary/aromatic N) is 3. The molecule has 0 saturated carbocycles. The van der Waals surface area contributed by atoms with Crippen LogP contribution in [0.4, 0.5) is 11.6 Å². The van der Waals surface area contributed by atoms with Gasteiger partial charge in [0.05, 0.1) is 28.5 Å². The summed E-state index contributed by atoms with van der Waals surface area (Å²) in [7, 11) is -3.10. The number of fused-ring (bicyclic) bond motifs is 2. The van der Waals surface area contributed by atoms with E-state index < -0.39 is 21.0 Å². The maximum Gasteiger partial charge on any atom is 0.340 e. The van der Waals surface area contributed by atoms with Crippen LogP contribution >= 0.6 is 0 Å². The molecule has 1 aliphatic rings. The third-order valence-corrected chi connectivity index (χ3v) is 9.62. The Labute approximate surface area is 236 Å². The molecule has 3 N–H and O–H groups in total. The van der Waals surface area contributed by atoms with Crippen molar-refractivity contribution in [2.75, 3.05) is 16.8 Å². The molecular formula is C29H39N5O5S. The molecule has 216 valence electrons. The second-order valence-electron chi connectivity index (χ2n) is 11.3. The summed E-state index contributed by atoms with van der Waals surface area (Å²) in [5.41, 5.74) is 7.29. The summed E-state index contributed by atoms with van der Waals surface area (Å²) in [5.74, 6) is 1.12. The molecule has 0 amide bonds. The van der Waals surface area contributed by atoms with Crippen LogP contribution in [0.1, 0.15) is 88.8 Å². The van der Waals surface area contributed by atoms with Gasteiger partial charge in [-0.05, 0) is 69.7 Å². The van der Waals surface area contributed by atoms with Crippen molar-refractivity contribution < 1.29 is 22.7 Å². The van der Waals surface area contributed by atoms with Crippen LogP contribution in [-0.4, -0.2) is 52.5 Å². The number of sulfone groups is 1. The van der Waals surface area contributed by atoms with Crippen molar-refractivity contribution in [2.45, 2.75) is 84.5 Å². The predicted molar refractivity (Wildman–Crippen MR) is 156 cm³/mol. The number of carbonyl (C=O) groups is 1. The minimum atomic E-state index is -3.10. The van der Waals surface area contributed by atoms with Crippen molar-refractivity contribution in [2.24, 2.45) is 5.73 Å². The number of esters is 1. The lowest BCUT2D eigenvalue weighted by Gasteiger charge is -2.36. The molecule has 3 atom stereocenters. The summed E-state index contributed by atoms with van der Waals surface area (Å²) in [4.78, 5) is 26.4. The van der Waals surface area contributed by atoms with Crippen LogP contribution in [0.3, 0.4) is 0 Å². The normalized spacial score (nSPS) is 18.9. The van der Waals surface area contributed by atoms with Crippen LogP contribution in [0.2, 0.25) is 0 Å². The third-order valence-electron chi connectivity index (χ3n) is 7.88. The number of nitrogens with one attached hydrogen (secondary N) is 1. The molecule has 0 saturated heterocycles. The van der Waals surface area contributed by atoms with Gasteiger partial charge in [0.2, 0.25) is 5.88 Å². The largest absolute Gasteiger partial charge is 0.474 e. The lowest BCUT2D eigenvalue weighted by Crippen LogP contribution is -2.39. The fourth-order valence-electron chi connectivity index (χ4n) is 4.55. The Hall–Kier alpha value is -3.31. The summed E-state index contributed by atoms with van der Waals surface area (Å²) in [5, 5.41) is 4.76. The Kier molecular flexibility index (Phi) is 8.11. The molecule has 1 aliphatic heterocycles. The molecule has 40 heavy (non-hydrogen) atoms. The van der Waals surface area contributed by atoms with Gasteiger partial charge in [0.1, 0.15) is 27.1 Å². The molecular weight excluding hydrogens is 530 g/mol. The first-order valence-corrected chi connectivity index (χ1v) is 15.5. The molecule has 0 spiro atoms. The van der Waals surface area contributed by atoms with Gasteiger partial charge < -0.3 is 20.5 Å². The zero-order valence-electron chi connectivity index (χ0n) is 24.2. The zero-order chi connectivity index (χ0) is 29.5. The summed E-state index contributed by atoms with van der Waals surface area (Å²) in [6, 6.07) is 5.33. The molecule has 0 fully saturated rings. The highest BCUT2D eigenvalue weighted by atomic mass is 32.2. The van der Waals surface area contributed by atoms with Crippen molar-refractivity contribution >= 4 is 38.2 Å². The number of anilines is 2. The Morgan fingerprint density at radius 1 is 1.18 bits per heavy atom. The second-order valence-corrected chi connectivity index (χ2v) is 13.8. The Bertz CT molecular complexity index is 1540. The summed E-state index contributed by atoms with van der Waals surface area (Å²) >= 11 is 0. The molecule has 4 rings (SSSR count). The Morgan fingerprint density at radius 3 is 2.58 bits per heavy atom. The van der Waals surface area contributed by atoms with Crippen LogP contribution in [-0.2, 0) is 20.1 Å². The minimum absolute atomic E-state index is 0.0466. The van der Waals surface area contributed by atoms with Gasteiger partial charge in [-0.3, -0.25) is 0 Å². The predicted octanol–water partition coefficient (Wildman–Crippen LogP) is 5.00. The Balaban J connectivity index is 1.69. The fraction of sp³-hybridized carbons (Fsp3) is 0.517. The number of hydrogen-bond acceptors (Lipinski definition) is 10. The molecule has 0 radical (unpaired) electrons. The zero-order valence-corrected chi connectivity index (χ0v) is 25.1. The van der Waals surface area contributed by atoms with Crippen LogP contribution in [0.5, 0.6) is 5.88 Å². The minimum Gasteiger partial charge on any atom is -0.474 e. The van der Waals surface area contributed by atoms with Crippen molar-refractivity contribution in [3.05, 3.63) is 47.4 Å². The fourth-order valence-corrected chi connectivity index (χ4v) is 5.53. The molecule has 0 bridgehead atoms. The second kappa shape index (κ2) is 10.9. The average Bonchev–Trinajstić information content (AvgIpc) is 2.90. The van der Waals surface area contributed by atoms with E-state index in [0.29, 0.717) is 47.0 Å². The number of aromatic nitrogens is 3. The van der Waals surface area contributed by atoms with E-state index in [-0.39, 0.29) is 29.5 Å². The lowest BCUT2D eigenvalue weighted by atomic mass is 9.84. The smallest absolute Gasteiger partial charge is 0.340 e. The number of cyclic esters (lactones) is 1. The van der Waals surface area contributed by atoms with Gasteiger partial charge in [-0.25, -0.2) is 28.2 Å². The molecule has 3 aromatic rings. The van der Waals surface area contributed by atoms with E-state index in [1.54, 1.807) is 31.5 Å². The van der Waals surface area contributed by atoms with E-state index in [4.69, 9.17) is 20.2 Å². The molecule has 11 heteroatoms. The van der Waals surface area contributed by atoms with Crippen LogP contribution < -0.4 is 15.8 Å². The van der Waals surface area contributed by atoms with E-state index in [2.05, 4.69) is 15.3 Å². The van der Waals surface area contributed by atoms with Gasteiger partial charge in [0, 0.05) is 29.6 Å². The number of pyridine rings is 3. The average molecular weight is 570 g/mol. The first kappa shape index (κ1) is 29.7. The Morgan fingerprint density at radius 2 is 1.90 bits per heavy atom.